The molecule has 0 aliphatic rings. The number of nitrogens with zero attached hydrogens (tertiary/aromatic N) is 3. The third-order valence-electron chi connectivity index (χ3n) is 2.29. The first-order chi connectivity index (χ1) is 7.22. The first-order valence-electron chi connectivity index (χ1n) is 4.88. The molecule has 0 amide bonds. The van der Waals surface area contributed by atoms with E-state index >= 15 is 0 Å². The highest BCUT2D eigenvalue weighted by molar-refractivity contribution is 9.10. The van der Waals surface area contributed by atoms with Crippen LogP contribution in [0.2, 0.25) is 0 Å². The summed E-state index contributed by atoms with van der Waals surface area (Å²) in [6.07, 6.45) is 4.65. The molecule has 0 aliphatic heterocycles. The predicted molar refractivity (Wildman–Crippen MR) is 63.2 cm³/mol. The molecule has 0 fully saturated rings. The van der Waals surface area contributed by atoms with Gasteiger partial charge in [0.15, 0.2) is 0 Å². The molecule has 0 saturated carbocycles. The van der Waals surface area contributed by atoms with Crippen LogP contribution in [0, 0.1) is 6.92 Å². The highest BCUT2D eigenvalue weighted by atomic mass is 79.9. The summed E-state index contributed by atoms with van der Waals surface area (Å²) in [6.45, 7) is 4.07. The molecular weight excluding hydrogens is 254 g/mol. The SMILES string of the molecule is CCc1nccn1-c1ccc(Br)c(C)n1. The number of imidazole rings is 1. The zero-order chi connectivity index (χ0) is 10.8. The Bertz CT molecular complexity index is 476. The molecule has 0 atom stereocenters. The maximum Gasteiger partial charge on any atom is 0.138 e. The molecule has 0 N–H and O–H groups in total. The van der Waals surface area contributed by atoms with Crippen molar-refractivity contribution in [3.63, 3.8) is 0 Å². The molecule has 0 bridgehead atoms. The molecule has 78 valence electrons. The zero-order valence-corrected chi connectivity index (χ0v) is 10.3. The molecule has 15 heavy (non-hydrogen) atoms. The van der Waals surface area contributed by atoms with Crippen molar-refractivity contribution in [1.29, 1.82) is 0 Å². The van der Waals surface area contributed by atoms with E-state index in [9.17, 15) is 0 Å². The molecule has 2 rings (SSSR count). The van der Waals surface area contributed by atoms with Gasteiger partial charge in [0.05, 0.1) is 5.69 Å². The predicted octanol–water partition coefficient (Wildman–Crippen LogP) is 2.90. The summed E-state index contributed by atoms with van der Waals surface area (Å²) >= 11 is 3.44. The van der Waals surface area contributed by atoms with Crippen LogP contribution in [0.25, 0.3) is 5.82 Å². The second-order valence-corrected chi connectivity index (χ2v) is 4.16. The van der Waals surface area contributed by atoms with Gasteiger partial charge in [-0.2, -0.15) is 0 Å². The largest absolute Gasteiger partial charge is 0.288 e. The Morgan fingerprint density at radius 3 is 2.87 bits per heavy atom. The lowest BCUT2D eigenvalue weighted by atomic mass is 10.3. The quantitative estimate of drug-likeness (QED) is 0.836. The van der Waals surface area contributed by atoms with Gasteiger partial charge < -0.3 is 0 Å². The minimum absolute atomic E-state index is 0.907. The van der Waals surface area contributed by atoms with Crippen molar-refractivity contribution in [3.05, 3.63) is 40.5 Å². The van der Waals surface area contributed by atoms with Crippen LogP contribution >= 0.6 is 15.9 Å². The van der Waals surface area contributed by atoms with Crippen LogP contribution in [0.5, 0.6) is 0 Å². The highest BCUT2D eigenvalue weighted by Crippen LogP contribution is 2.16. The van der Waals surface area contributed by atoms with Crippen molar-refractivity contribution in [1.82, 2.24) is 14.5 Å². The van der Waals surface area contributed by atoms with Gasteiger partial charge in [0.2, 0.25) is 0 Å². The molecule has 0 aliphatic carbocycles. The van der Waals surface area contributed by atoms with Gasteiger partial charge in [-0.3, -0.25) is 4.57 Å². The van der Waals surface area contributed by atoms with Crippen LogP contribution in [0.1, 0.15) is 18.4 Å². The van der Waals surface area contributed by atoms with E-state index in [1.807, 2.05) is 29.8 Å². The summed E-state index contributed by atoms with van der Waals surface area (Å²) < 4.78 is 3.05. The number of rotatable bonds is 2. The average Bonchev–Trinajstić information content (AvgIpc) is 2.70. The van der Waals surface area contributed by atoms with E-state index in [0.29, 0.717) is 0 Å². The van der Waals surface area contributed by atoms with Crippen LogP contribution < -0.4 is 0 Å². The number of aromatic nitrogens is 3. The standard InChI is InChI=1S/C11H12BrN3/c1-3-10-13-6-7-15(10)11-5-4-9(12)8(2)14-11/h4-7H,3H2,1-2H3. The van der Waals surface area contributed by atoms with Crippen molar-refractivity contribution >= 4 is 15.9 Å². The molecule has 0 aromatic carbocycles. The van der Waals surface area contributed by atoms with E-state index < -0.39 is 0 Å². The summed E-state index contributed by atoms with van der Waals surface area (Å²) in [4.78, 5) is 8.77. The fourth-order valence-electron chi connectivity index (χ4n) is 1.47. The van der Waals surface area contributed by atoms with E-state index in [1.54, 1.807) is 6.20 Å². The van der Waals surface area contributed by atoms with E-state index in [2.05, 4.69) is 32.8 Å². The minimum Gasteiger partial charge on any atom is -0.288 e. The summed E-state index contributed by atoms with van der Waals surface area (Å²) in [5.74, 6) is 1.95. The molecule has 2 aromatic heterocycles. The fourth-order valence-corrected chi connectivity index (χ4v) is 1.69. The number of hydrogen-bond acceptors (Lipinski definition) is 2. The third-order valence-corrected chi connectivity index (χ3v) is 3.13. The number of pyridine rings is 1. The molecule has 4 heteroatoms. The van der Waals surface area contributed by atoms with E-state index in [1.165, 1.54) is 0 Å². The first kappa shape index (κ1) is 10.4. The lowest BCUT2D eigenvalue weighted by Crippen LogP contribution is -2.02. The molecule has 2 aromatic rings. The monoisotopic (exact) mass is 265 g/mol. The van der Waals surface area contributed by atoms with Crippen molar-refractivity contribution in [3.8, 4) is 5.82 Å². The Balaban J connectivity index is 2.50. The first-order valence-corrected chi connectivity index (χ1v) is 5.67. The highest BCUT2D eigenvalue weighted by Gasteiger charge is 2.05. The van der Waals surface area contributed by atoms with Crippen LogP contribution in [0.4, 0.5) is 0 Å². The van der Waals surface area contributed by atoms with Gasteiger partial charge in [-0.15, -0.1) is 0 Å². The maximum absolute atomic E-state index is 4.50. The van der Waals surface area contributed by atoms with E-state index in [4.69, 9.17) is 0 Å². The third kappa shape index (κ3) is 1.95. The fraction of sp³-hybridized carbons (Fsp3) is 0.273. The topological polar surface area (TPSA) is 30.7 Å². The van der Waals surface area contributed by atoms with Crippen molar-refractivity contribution < 1.29 is 0 Å². The van der Waals surface area contributed by atoms with Crippen molar-refractivity contribution in [2.75, 3.05) is 0 Å². The maximum atomic E-state index is 4.50. The summed E-state index contributed by atoms with van der Waals surface area (Å²) in [7, 11) is 0. The van der Waals surface area contributed by atoms with Gasteiger partial charge in [-0.1, -0.05) is 6.92 Å². The molecule has 0 saturated heterocycles. The van der Waals surface area contributed by atoms with Gasteiger partial charge in [-0.25, -0.2) is 9.97 Å². The van der Waals surface area contributed by atoms with E-state index in [-0.39, 0.29) is 0 Å². The molecular formula is C11H12BrN3. The Kier molecular flexibility index (Phi) is 2.86. The molecule has 0 unspecified atom stereocenters. The smallest absolute Gasteiger partial charge is 0.138 e. The Hall–Kier alpha value is -1.16. The van der Waals surface area contributed by atoms with Gasteiger partial charge in [0, 0.05) is 23.3 Å². The minimum atomic E-state index is 0.907. The number of halogens is 1. The van der Waals surface area contributed by atoms with Crippen LogP contribution in [-0.2, 0) is 6.42 Å². The normalized spacial score (nSPS) is 10.6. The van der Waals surface area contributed by atoms with Crippen LogP contribution in [-0.4, -0.2) is 14.5 Å². The second kappa shape index (κ2) is 4.14. The van der Waals surface area contributed by atoms with Crippen LogP contribution in [0.15, 0.2) is 29.0 Å². The second-order valence-electron chi connectivity index (χ2n) is 3.30. The molecule has 2 heterocycles. The van der Waals surface area contributed by atoms with Crippen LogP contribution in [0.3, 0.4) is 0 Å². The number of hydrogen-bond donors (Lipinski definition) is 0. The van der Waals surface area contributed by atoms with Gasteiger partial charge in [-0.05, 0) is 35.0 Å². The Morgan fingerprint density at radius 1 is 1.40 bits per heavy atom. The van der Waals surface area contributed by atoms with E-state index in [0.717, 1.165) is 28.2 Å². The summed E-state index contributed by atoms with van der Waals surface area (Å²) in [6, 6.07) is 4.00. The number of aryl methyl sites for hydroxylation is 2. The van der Waals surface area contributed by atoms with Crippen molar-refractivity contribution in [2.24, 2.45) is 0 Å². The van der Waals surface area contributed by atoms with Gasteiger partial charge in [0.25, 0.3) is 0 Å². The molecule has 3 nitrogen and oxygen atoms in total. The summed E-state index contributed by atoms with van der Waals surface area (Å²) in [5, 5.41) is 0. The lowest BCUT2D eigenvalue weighted by Gasteiger charge is -2.06. The Morgan fingerprint density at radius 2 is 2.20 bits per heavy atom. The average molecular weight is 266 g/mol. The molecule has 0 radical (unpaired) electrons. The molecule has 0 spiro atoms. The van der Waals surface area contributed by atoms with Gasteiger partial charge in [0.1, 0.15) is 11.6 Å². The van der Waals surface area contributed by atoms with Gasteiger partial charge >= 0.3 is 0 Å². The Labute approximate surface area is 97.3 Å². The summed E-state index contributed by atoms with van der Waals surface area (Å²) in [5.41, 5.74) is 0.989. The van der Waals surface area contributed by atoms with Crippen molar-refractivity contribution in [2.45, 2.75) is 20.3 Å². The zero-order valence-electron chi connectivity index (χ0n) is 8.74. The lowest BCUT2D eigenvalue weighted by molar-refractivity contribution is 0.861.